The zero-order valence-corrected chi connectivity index (χ0v) is 93.0. The fraction of sp³-hybridized carbons (Fsp3) is 0.908. The van der Waals surface area contributed by atoms with E-state index in [1.165, 1.54) is 32.1 Å². The predicted molar refractivity (Wildman–Crippen MR) is 549 cm³/mol. The van der Waals surface area contributed by atoms with Crippen molar-refractivity contribution < 1.29 is 90.5 Å². The number of likely N-dealkylation sites (tertiary alicyclic amines) is 8. The lowest BCUT2D eigenvalue weighted by Crippen LogP contribution is -2.41. The normalized spacial score (nSPS) is 20.6. The molecule has 0 aromatic carbocycles. The van der Waals surface area contributed by atoms with E-state index in [0.29, 0.717) is 157 Å². The molecule has 8 aliphatic rings. The Morgan fingerprint density at radius 2 is 0.419 bits per heavy atom. The van der Waals surface area contributed by atoms with Gasteiger partial charge in [-0.2, -0.15) is 0 Å². The third-order valence-electron chi connectivity index (χ3n) is 28.5. The quantitative estimate of drug-likeness (QED) is 0.0744. The second-order valence-electron chi connectivity index (χ2n) is 47.5. The van der Waals surface area contributed by atoms with Gasteiger partial charge in [0.25, 0.3) is 0 Å². The molecule has 0 N–H and O–H groups in total. The van der Waals surface area contributed by atoms with Crippen molar-refractivity contribution in [3.8, 4) is 12.3 Å². The van der Waals surface area contributed by atoms with Gasteiger partial charge in [-0.25, -0.2) is 38.4 Å². The van der Waals surface area contributed by atoms with Crippen LogP contribution in [-0.2, 0) is 52.1 Å². The number of piperidine rings is 3. The van der Waals surface area contributed by atoms with Crippen LogP contribution in [0.25, 0.3) is 0 Å². The summed E-state index contributed by atoms with van der Waals surface area (Å²) in [5, 5.41) is 0. The molecule has 796 valence electrons. The van der Waals surface area contributed by atoms with Crippen LogP contribution in [-0.4, -0.2) is 286 Å². The van der Waals surface area contributed by atoms with E-state index < -0.39 is 0 Å². The first-order chi connectivity index (χ1) is 63.4. The second-order valence-corrected chi connectivity index (χ2v) is 47.5. The second kappa shape index (κ2) is 65.6. The highest BCUT2D eigenvalue weighted by atomic mass is 16.6. The summed E-state index contributed by atoms with van der Waals surface area (Å²) in [6.07, 6.45) is 29.4. The van der Waals surface area contributed by atoms with Crippen LogP contribution < -0.4 is 0 Å². The number of carbonyl (C=O) groups is 8. The van der Waals surface area contributed by atoms with E-state index in [2.05, 4.69) is 172 Å². The summed E-state index contributed by atoms with van der Waals surface area (Å²) in [5.41, 5.74) is 2.74. The summed E-state index contributed by atoms with van der Waals surface area (Å²) in [5.74, 6) is 8.09. The van der Waals surface area contributed by atoms with Gasteiger partial charge in [-0.05, 0) is 259 Å². The Hall–Kier alpha value is -6.40. The van der Waals surface area contributed by atoms with E-state index in [-0.39, 0.29) is 54.8 Å². The van der Waals surface area contributed by atoms with Crippen LogP contribution in [0.2, 0.25) is 0 Å². The highest BCUT2D eigenvalue weighted by molar-refractivity contribution is 5.70. The molecule has 136 heavy (non-hydrogen) atoms. The molecule has 8 aliphatic heterocycles. The van der Waals surface area contributed by atoms with Crippen molar-refractivity contribution >= 4 is 48.7 Å². The molecule has 0 bridgehead atoms. The standard InChI is InChI=1S/2C14H27NO3.2C14H27NO2.C14H23NO2.C13H25NO3.2C13H25NO2/c2*1-14(2,3)12-6-5-8-15(9-7-12)13(16)18-11-10-17-4;1-11(2)17-13(16)15-9-6-7-12(8-10-15)14(3,4)5;1-5-11-17-13(16)15-9-6-7-12(8-10-15)14(2,3)4;1-5-6-11-17-13(16)15-9-7-12(8-10-15)14(2,3)4;1-13(2,3)11-5-7-14(8-6-11)12(15)17-10-9-16-4;1-5-10-16-12(15)14-8-6-11(7-9-14)13(2,3)4;1-5-16-12(15)14-9-6-7-11(8-10-14)13(2,3)4/h2*12H,5-11H2,1-4H3;11-12H,6-10H2,1-5H3;12H,5-11H2,1-4H3;1,12H,6-11H2,2-4H3;11H,5-10H2,1-4H3;2*11H,5-10H2,1-4H3. The lowest BCUT2D eigenvalue weighted by Gasteiger charge is -2.38. The van der Waals surface area contributed by atoms with E-state index in [1.807, 2.05) is 64.0 Å². The number of hydrogen-bond acceptors (Lipinski definition) is 19. The third-order valence-corrected chi connectivity index (χ3v) is 28.5. The van der Waals surface area contributed by atoms with Crippen LogP contribution in [0.3, 0.4) is 0 Å². The molecule has 0 aliphatic carbocycles. The minimum atomic E-state index is -0.215. The molecule has 5 atom stereocenters. The topological polar surface area (TPSA) is 264 Å². The minimum Gasteiger partial charge on any atom is -0.450 e. The number of nitrogens with zero attached hydrogens (tertiary/aromatic N) is 8. The van der Waals surface area contributed by atoms with Crippen LogP contribution in [0, 0.1) is 103 Å². The zero-order chi connectivity index (χ0) is 103. The van der Waals surface area contributed by atoms with Crippen LogP contribution in [0.4, 0.5) is 38.4 Å². The monoisotopic (exact) mass is 1930 g/mol. The van der Waals surface area contributed by atoms with Gasteiger partial charge in [0, 0.05) is 132 Å². The van der Waals surface area contributed by atoms with Gasteiger partial charge in [0.05, 0.1) is 45.7 Å². The van der Waals surface area contributed by atoms with Crippen LogP contribution in [0.5, 0.6) is 0 Å². The van der Waals surface area contributed by atoms with Crippen molar-refractivity contribution in [3.05, 3.63) is 0 Å². The highest BCUT2D eigenvalue weighted by Crippen LogP contribution is 2.42. The van der Waals surface area contributed by atoms with Crippen molar-refractivity contribution in [2.45, 2.75) is 361 Å². The maximum absolute atomic E-state index is 11.8. The van der Waals surface area contributed by atoms with Crippen molar-refractivity contribution in [3.63, 3.8) is 0 Å². The summed E-state index contributed by atoms with van der Waals surface area (Å²) in [7, 11) is 4.81. The molecule has 5 unspecified atom stereocenters. The fourth-order valence-corrected chi connectivity index (χ4v) is 18.8. The molecular formula is C109H206N8O19. The molecule has 27 nitrogen and oxygen atoms in total. The summed E-state index contributed by atoms with van der Waals surface area (Å²) < 4.78 is 55.7. The number of rotatable bonds is 17. The van der Waals surface area contributed by atoms with Gasteiger partial charge in [-0.1, -0.05) is 180 Å². The molecule has 27 heteroatoms. The molecule has 0 radical (unpaired) electrons. The molecule has 8 rings (SSSR count). The lowest BCUT2D eigenvalue weighted by atomic mass is 9.75. The van der Waals surface area contributed by atoms with Crippen molar-refractivity contribution in [2.24, 2.45) is 90.7 Å². The first kappa shape index (κ1) is 128. The third kappa shape index (κ3) is 54.6. The maximum atomic E-state index is 11.8. The number of carbonyl (C=O) groups excluding carboxylic acids is 8. The molecule has 0 saturated carbocycles. The number of amides is 8. The Kier molecular flexibility index (Phi) is 61.6. The van der Waals surface area contributed by atoms with E-state index in [1.54, 1.807) is 31.1 Å². The van der Waals surface area contributed by atoms with Gasteiger partial charge in [0.2, 0.25) is 0 Å². The maximum Gasteiger partial charge on any atom is 0.410 e. The van der Waals surface area contributed by atoms with Gasteiger partial charge in [0.1, 0.15) is 26.4 Å². The molecule has 0 spiro atoms. The first-order valence-electron chi connectivity index (χ1n) is 52.7. The van der Waals surface area contributed by atoms with Gasteiger partial charge in [-0.15, -0.1) is 12.3 Å². The van der Waals surface area contributed by atoms with E-state index in [0.717, 1.165) is 226 Å². The minimum absolute atomic E-state index is 0.0239. The van der Waals surface area contributed by atoms with Gasteiger partial charge in [-0.3, -0.25) is 0 Å². The number of ether oxygens (including phenoxy) is 11. The molecule has 0 aromatic heterocycles. The van der Waals surface area contributed by atoms with Crippen LogP contribution in [0.15, 0.2) is 0 Å². The summed E-state index contributed by atoms with van der Waals surface area (Å²) in [6, 6.07) is 0. The zero-order valence-electron chi connectivity index (χ0n) is 93.0. The molecule has 8 fully saturated rings. The number of terminal acetylenes is 1. The Labute approximate surface area is 830 Å². The van der Waals surface area contributed by atoms with E-state index in [4.69, 9.17) is 58.5 Å². The first-order valence-corrected chi connectivity index (χ1v) is 52.7. The molecule has 8 heterocycles. The van der Waals surface area contributed by atoms with Crippen molar-refractivity contribution in [1.29, 1.82) is 0 Å². The van der Waals surface area contributed by atoms with Crippen LogP contribution >= 0.6 is 0 Å². The van der Waals surface area contributed by atoms with Crippen LogP contribution in [0.1, 0.15) is 355 Å². The smallest absolute Gasteiger partial charge is 0.410 e. The molecule has 0 aromatic rings. The largest absolute Gasteiger partial charge is 0.450 e. The Morgan fingerprint density at radius 1 is 0.250 bits per heavy atom. The SMILES string of the molecule is C#CCCOC(=O)N1CCC(C(C)(C)C)CC1.CC(C)OC(=O)N1CCCC(C(C)(C)C)CC1.CCCOC(=O)N1CCC(C(C)(C)C)CC1.CCCOC(=O)N1CCCC(C(C)(C)C)CC1.CCOC(=O)N1CCCC(C(C)(C)C)CC1.COCCOC(=O)N1CCC(C(C)(C)C)CC1.COCCOC(=O)N1CCCC(C(C)(C)C)CC1.COCCOC(=O)N1CCCC(C(C)(C)C)CC1. The average Bonchev–Trinajstić information content (AvgIpc) is 1.30. The number of hydrogen-bond donors (Lipinski definition) is 0. The van der Waals surface area contributed by atoms with Crippen molar-refractivity contribution in [2.75, 3.05) is 192 Å². The number of methoxy groups -OCH3 is 3. The Balaban J connectivity index is 0.000000777. The van der Waals surface area contributed by atoms with E-state index in [9.17, 15) is 38.4 Å². The van der Waals surface area contributed by atoms with Gasteiger partial charge >= 0.3 is 48.7 Å². The van der Waals surface area contributed by atoms with Crippen molar-refractivity contribution in [1.82, 2.24) is 39.2 Å². The molecular weight excluding hydrogens is 1730 g/mol. The van der Waals surface area contributed by atoms with Gasteiger partial charge in [0.15, 0.2) is 0 Å². The molecule has 8 saturated heterocycles. The Morgan fingerprint density at radius 3 is 0.588 bits per heavy atom. The predicted octanol–water partition coefficient (Wildman–Crippen LogP) is 25.2. The molecule has 8 amide bonds. The summed E-state index contributed by atoms with van der Waals surface area (Å²) >= 11 is 0. The summed E-state index contributed by atoms with van der Waals surface area (Å²) in [4.78, 5) is 109. The lowest BCUT2D eigenvalue weighted by molar-refractivity contribution is 0.0529. The van der Waals surface area contributed by atoms with E-state index >= 15 is 0 Å². The van der Waals surface area contributed by atoms with Gasteiger partial charge < -0.3 is 91.3 Å². The fourth-order valence-electron chi connectivity index (χ4n) is 18.8. The Bertz CT molecular complexity index is 3240. The average molecular weight is 1930 g/mol. The summed E-state index contributed by atoms with van der Waals surface area (Å²) in [6.45, 7) is 82.0. The highest BCUT2D eigenvalue weighted by Gasteiger charge is 2.38.